The first-order valence-electron chi connectivity index (χ1n) is 10.2. The normalized spacial score (nSPS) is 10.9. The van der Waals surface area contributed by atoms with E-state index < -0.39 is 5.91 Å². The quantitative estimate of drug-likeness (QED) is 0.282. The number of hydrogen-bond donors (Lipinski definition) is 1. The molecule has 2 aromatic carbocycles. The van der Waals surface area contributed by atoms with Crippen molar-refractivity contribution in [3.8, 4) is 10.4 Å². The van der Waals surface area contributed by atoms with Gasteiger partial charge in [-0.1, -0.05) is 54.2 Å². The van der Waals surface area contributed by atoms with Crippen molar-refractivity contribution in [2.24, 2.45) is 5.73 Å². The molecule has 0 aliphatic carbocycles. The van der Waals surface area contributed by atoms with Crippen LogP contribution in [0.1, 0.15) is 12.0 Å². The molecule has 0 aliphatic heterocycles. The first-order valence-corrected chi connectivity index (χ1v) is 12.0. The van der Waals surface area contributed by atoms with Gasteiger partial charge < -0.3 is 10.6 Å². The van der Waals surface area contributed by atoms with Crippen LogP contribution in [0, 0.1) is 5.82 Å². The highest BCUT2D eigenvalue weighted by molar-refractivity contribution is 8.00. The van der Waals surface area contributed by atoms with Gasteiger partial charge in [-0.25, -0.2) is 14.4 Å². The third kappa shape index (κ3) is 5.94. The van der Waals surface area contributed by atoms with Crippen LogP contribution in [0.25, 0.3) is 20.7 Å². The summed E-state index contributed by atoms with van der Waals surface area (Å²) < 4.78 is 14.1. The second-order valence-corrected chi connectivity index (χ2v) is 9.33. The highest BCUT2D eigenvalue weighted by atomic mass is 32.2. The highest BCUT2D eigenvalue weighted by Crippen LogP contribution is 2.37. The number of amides is 2. The Morgan fingerprint density at radius 1 is 1.06 bits per heavy atom. The molecule has 9 heteroatoms. The van der Waals surface area contributed by atoms with Gasteiger partial charge in [-0.15, -0.1) is 11.3 Å². The molecule has 0 radical (unpaired) electrons. The number of primary amides is 1. The molecule has 4 aromatic rings. The lowest BCUT2D eigenvalue weighted by Gasteiger charge is -2.22. The summed E-state index contributed by atoms with van der Waals surface area (Å²) in [6, 6.07) is 17.9. The predicted molar refractivity (Wildman–Crippen MR) is 129 cm³/mol. The molecule has 168 valence electrons. The third-order valence-corrected chi connectivity index (χ3v) is 7.22. The Morgan fingerprint density at radius 2 is 1.82 bits per heavy atom. The predicted octanol–water partition coefficient (Wildman–Crippen LogP) is 4.49. The number of hydrogen-bond acceptors (Lipinski definition) is 6. The molecule has 2 amide bonds. The molecule has 2 heterocycles. The number of nitrogens with two attached hydrogens (primary N) is 1. The fraction of sp³-hybridized carbons (Fsp3) is 0.167. The molecular formula is C24H21FN4O2S2. The second kappa shape index (κ2) is 10.5. The summed E-state index contributed by atoms with van der Waals surface area (Å²) >= 11 is 2.84. The Labute approximate surface area is 198 Å². The van der Waals surface area contributed by atoms with Gasteiger partial charge in [0.2, 0.25) is 11.8 Å². The SMILES string of the molecule is NC(=O)CCN(Cc1ccccc1)C(=O)CSc1ncnc2cc(-c3ccc(F)cc3)sc12. The van der Waals surface area contributed by atoms with Crippen molar-refractivity contribution >= 4 is 45.1 Å². The maximum absolute atomic E-state index is 13.3. The van der Waals surface area contributed by atoms with Crippen molar-refractivity contribution in [2.45, 2.75) is 18.0 Å². The van der Waals surface area contributed by atoms with Crippen LogP contribution in [0.15, 0.2) is 72.0 Å². The number of halogens is 1. The Hall–Kier alpha value is -3.30. The van der Waals surface area contributed by atoms with Gasteiger partial charge in [0, 0.05) is 24.4 Å². The fourth-order valence-corrected chi connectivity index (χ4v) is 5.36. The van der Waals surface area contributed by atoms with Gasteiger partial charge in [-0.2, -0.15) is 0 Å². The van der Waals surface area contributed by atoms with E-state index in [1.54, 1.807) is 17.0 Å². The number of benzene rings is 2. The molecule has 0 atom stereocenters. The van der Waals surface area contributed by atoms with Crippen molar-refractivity contribution in [3.05, 3.63) is 78.4 Å². The fourth-order valence-electron chi connectivity index (χ4n) is 3.25. The number of thiophene rings is 1. The summed E-state index contributed by atoms with van der Waals surface area (Å²) in [5.74, 6) is -0.669. The number of aromatic nitrogens is 2. The van der Waals surface area contributed by atoms with Crippen LogP contribution in [0.4, 0.5) is 4.39 Å². The standard InChI is InChI=1S/C24H21FN4O2S2/c25-18-8-6-17(7-9-18)20-12-19-23(33-20)24(28-15-27-19)32-14-22(31)29(11-10-21(26)30)13-16-4-2-1-3-5-16/h1-9,12,15H,10-11,13-14H2,(H2,26,30). The van der Waals surface area contributed by atoms with E-state index >= 15 is 0 Å². The van der Waals surface area contributed by atoms with E-state index in [1.165, 1.54) is 41.6 Å². The molecule has 0 fully saturated rings. The summed E-state index contributed by atoms with van der Waals surface area (Å²) in [6.07, 6.45) is 1.58. The van der Waals surface area contributed by atoms with Gasteiger partial charge in [-0.3, -0.25) is 9.59 Å². The van der Waals surface area contributed by atoms with E-state index in [2.05, 4.69) is 9.97 Å². The smallest absolute Gasteiger partial charge is 0.233 e. The van der Waals surface area contributed by atoms with Crippen LogP contribution in [0.2, 0.25) is 0 Å². The van der Waals surface area contributed by atoms with Gasteiger partial charge in [-0.05, 0) is 29.3 Å². The first kappa shape index (κ1) is 22.9. The highest BCUT2D eigenvalue weighted by Gasteiger charge is 2.18. The lowest BCUT2D eigenvalue weighted by Crippen LogP contribution is -2.34. The number of rotatable bonds is 9. The van der Waals surface area contributed by atoms with E-state index in [9.17, 15) is 14.0 Å². The molecule has 6 nitrogen and oxygen atoms in total. The van der Waals surface area contributed by atoms with Crippen molar-refractivity contribution in [1.29, 1.82) is 0 Å². The summed E-state index contributed by atoms with van der Waals surface area (Å²) in [7, 11) is 0. The monoisotopic (exact) mass is 480 g/mol. The van der Waals surface area contributed by atoms with E-state index in [0.717, 1.165) is 26.2 Å². The molecule has 0 bridgehead atoms. The molecule has 33 heavy (non-hydrogen) atoms. The minimum Gasteiger partial charge on any atom is -0.370 e. The van der Waals surface area contributed by atoms with Gasteiger partial charge in [0.25, 0.3) is 0 Å². The molecular weight excluding hydrogens is 459 g/mol. The lowest BCUT2D eigenvalue weighted by molar-refractivity contribution is -0.129. The number of carbonyl (C=O) groups excluding carboxylic acids is 2. The molecule has 0 saturated heterocycles. The van der Waals surface area contributed by atoms with E-state index in [1.807, 2.05) is 36.4 Å². The maximum Gasteiger partial charge on any atom is 0.233 e. The summed E-state index contributed by atoms with van der Waals surface area (Å²) in [5.41, 5.74) is 7.95. The van der Waals surface area contributed by atoms with Gasteiger partial charge in [0.15, 0.2) is 0 Å². The average molecular weight is 481 g/mol. The second-order valence-electron chi connectivity index (χ2n) is 7.32. The van der Waals surface area contributed by atoms with Gasteiger partial charge in [0.1, 0.15) is 17.2 Å². The number of thioether (sulfide) groups is 1. The van der Waals surface area contributed by atoms with Crippen LogP contribution in [0.5, 0.6) is 0 Å². The zero-order chi connectivity index (χ0) is 23.2. The molecule has 0 spiro atoms. The van der Waals surface area contributed by atoms with Crippen molar-refractivity contribution in [1.82, 2.24) is 14.9 Å². The minimum absolute atomic E-state index is 0.104. The lowest BCUT2D eigenvalue weighted by atomic mass is 10.2. The zero-order valence-electron chi connectivity index (χ0n) is 17.6. The van der Waals surface area contributed by atoms with E-state index in [-0.39, 0.29) is 30.4 Å². The topological polar surface area (TPSA) is 89.2 Å². The molecule has 0 aliphatic rings. The van der Waals surface area contributed by atoms with Crippen LogP contribution < -0.4 is 5.73 Å². The van der Waals surface area contributed by atoms with E-state index in [4.69, 9.17) is 5.73 Å². The Morgan fingerprint density at radius 3 is 2.55 bits per heavy atom. The molecule has 2 aromatic heterocycles. The number of carbonyl (C=O) groups is 2. The van der Waals surface area contributed by atoms with Crippen LogP contribution in [-0.4, -0.2) is 39.0 Å². The number of fused-ring (bicyclic) bond motifs is 1. The van der Waals surface area contributed by atoms with E-state index in [0.29, 0.717) is 11.6 Å². The molecule has 2 N–H and O–H groups in total. The molecule has 4 rings (SSSR count). The minimum atomic E-state index is -0.446. The van der Waals surface area contributed by atoms with Crippen molar-refractivity contribution in [3.63, 3.8) is 0 Å². The Kier molecular flexibility index (Phi) is 7.31. The molecule has 0 unspecified atom stereocenters. The third-order valence-electron chi connectivity index (χ3n) is 4.94. The number of nitrogens with zero attached hydrogens (tertiary/aromatic N) is 3. The Balaban J connectivity index is 1.50. The first-order chi connectivity index (χ1) is 16.0. The van der Waals surface area contributed by atoms with Crippen LogP contribution in [-0.2, 0) is 16.1 Å². The summed E-state index contributed by atoms with van der Waals surface area (Å²) in [6.45, 7) is 0.664. The summed E-state index contributed by atoms with van der Waals surface area (Å²) in [4.78, 5) is 35.6. The van der Waals surface area contributed by atoms with Crippen molar-refractivity contribution in [2.75, 3.05) is 12.3 Å². The van der Waals surface area contributed by atoms with Gasteiger partial charge >= 0.3 is 0 Å². The van der Waals surface area contributed by atoms with Crippen LogP contribution in [0.3, 0.4) is 0 Å². The largest absolute Gasteiger partial charge is 0.370 e. The van der Waals surface area contributed by atoms with Gasteiger partial charge in [0.05, 0.1) is 16.0 Å². The molecule has 0 saturated carbocycles. The Bertz CT molecular complexity index is 1260. The zero-order valence-corrected chi connectivity index (χ0v) is 19.2. The van der Waals surface area contributed by atoms with Crippen LogP contribution >= 0.6 is 23.1 Å². The maximum atomic E-state index is 13.3. The summed E-state index contributed by atoms with van der Waals surface area (Å²) in [5, 5.41) is 0.710. The average Bonchev–Trinajstić information content (AvgIpc) is 3.26. The van der Waals surface area contributed by atoms with Crippen molar-refractivity contribution < 1.29 is 14.0 Å².